The van der Waals surface area contributed by atoms with Crippen LogP contribution in [0.5, 0.6) is 0 Å². The van der Waals surface area contributed by atoms with Gasteiger partial charge in [0.2, 0.25) is 0 Å². The second-order valence-electron chi connectivity index (χ2n) is 3.68. The number of carbonyl (C=O) groups is 1. The molecule has 2 heterocycles. The Bertz CT molecular complexity index is 576. The van der Waals surface area contributed by atoms with Crippen LogP contribution in [0.3, 0.4) is 0 Å². The number of hydrogen-bond acceptors (Lipinski definition) is 3. The lowest BCUT2D eigenvalue weighted by atomic mass is 10.1. The summed E-state index contributed by atoms with van der Waals surface area (Å²) in [7, 11) is 1.77. The van der Waals surface area contributed by atoms with E-state index in [4.69, 9.17) is 11.6 Å². The maximum absolute atomic E-state index is 12.0. The Hall–Kier alpha value is -0.650. The Labute approximate surface area is 117 Å². The lowest BCUT2D eigenvalue weighted by Gasteiger charge is -1.98. The van der Waals surface area contributed by atoms with Gasteiger partial charge in [-0.25, -0.2) is 0 Å². The Balaban J connectivity index is 2.24. The number of nitrogens with zero attached hydrogens (tertiary/aromatic N) is 2. The molecule has 0 N–H and O–H groups in total. The summed E-state index contributed by atoms with van der Waals surface area (Å²) >= 11 is 10.9. The van der Waals surface area contributed by atoms with Crippen LogP contribution in [0.2, 0.25) is 5.15 Å². The smallest absolute Gasteiger partial charge is 0.177 e. The van der Waals surface area contributed by atoms with E-state index in [1.165, 1.54) is 11.3 Å². The summed E-state index contributed by atoms with van der Waals surface area (Å²) in [6.07, 6.45) is 0.297. The number of hydrogen-bond donors (Lipinski definition) is 0. The van der Waals surface area contributed by atoms with Crippen molar-refractivity contribution < 1.29 is 4.79 Å². The van der Waals surface area contributed by atoms with Crippen molar-refractivity contribution in [2.24, 2.45) is 7.05 Å². The number of halogens is 2. The summed E-state index contributed by atoms with van der Waals surface area (Å²) in [5.74, 6) is 0.0682. The van der Waals surface area contributed by atoms with E-state index >= 15 is 0 Å². The highest BCUT2D eigenvalue weighted by Crippen LogP contribution is 2.25. The molecule has 0 spiro atoms. The first-order valence-corrected chi connectivity index (χ1v) is 6.94. The quantitative estimate of drug-likeness (QED) is 0.804. The summed E-state index contributed by atoms with van der Waals surface area (Å²) in [6.45, 7) is 1.86. The summed E-state index contributed by atoms with van der Waals surface area (Å²) in [6, 6.07) is 3.69. The molecule has 0 aliphatic carbocycles. The van der Waals surface area contributed by atoms with Crippen molar-refractivity contribution in [2.75, 3.05) is 0 Å². The highest BCUT2D eigenvalue weighted by atomic mass is 79.9. The Kier molecular flexibility index (Phi) is 3.70. The van der Waals surface area contributed by atoms with Crippen molar-refractivity contribution in [1.82, 2.24) is 9.78 Å². The maximum Gasteiger partial charge on any atom is 0.177 e. The number of carbonyl (C=O) groups excluding carboxylic acids is 1. The number of Topliss-reactive ketones (excluding diaryl/α,β-unsaturated/α-hetero) is 1. The van der Waals surface area contributed by atoms with Crippen LogP contribution in [0.1, 0.15) is 20.9 Å². The molecular weight excluding hydrogens is 324 g/mol. The van der Waals surface area contributed by atoms with Crippen LogP contribution in [0.25, 0.3) is 0 Å². The molecule has 17 heavy (non-hydrogen) atoms. The topological polar surface area (TPSA) is 34.9 Å². The molecule has 0 fully saturated rings. The van der Waals surface area contributed by atoms with Crippen LogP contribution in [0, 0.1) is 6.92 Å². The van der Waals surface area contributed by atoms with Crippen LogP contribution in [-0.4, -0.2) is 15.6 Å². The van der Waals surface area contributed by atoms with E-state index < -0.39 is 0 Å². The molecule has 0 saturated heterocycles. The first-order valence-electron chi connectivity index (χ1n) is 4.95. The van der Waals surface area contributed by atoms with Gasteiger partial charge in [0.05, 0.1) is 14.4 Å². The number of aromatic nitrogens is 2. The highest BCUT2D eigenvalue weighted by Gasteiger charge is 2.17. The van der Waals surface area contributed by atoms with Gasteiger partial charge in [-0.1, -0.05) is 11.6 Å². The lowest BCUT2D eigenvalue weighted by Crippen LogP contribution is -2.02. The minimum absolute atomic E-state index is 0.0682. The highest BCUT2D eigenvalue weighted by molar-refractivity contribution is 9.11. The van der Waals surface area contributed by atoms with Gasteiger partial charge in [-0.3, -0.25) is 9.48 Å². The van der Waals surface area contributed by atoms with E-state index in [1.54, 1.807) is 11.7 Å². The molecule has 0 atom stereocenters. The van der Waals surface area contributed by atoms with Gasteiger partial charge in [0.15, 0.2) is 5.78 Å². The van der Waals surface area contributed by atoms with Gasteiger partial charge in [0.25, 0.3) is 0 Å². The van der Waals surface area contributed by atoms with Crippen LogP contribution in [0.15, 0.2) is 15.9 Å². The molecule has 0 bridgehead atoms. The zero-order valence-electron chi connectivity index (χ0n) is 9.33. The molecule has 0 aromatic carbocycles. The number of ketones is 1. The Morgan fingerprint density at radius 3 is 2.76 bits per heavy atom. The summed E-state index contributed by atoms with van der Waals surface area (Å²) in [4.78, 5) is 12.8. The van der Waals surface area contributed by atoms with Crippen LogP contribution in [0.4, 0.5) is 0 Å². The Morgan fingerprint density at radius 2 is 2.29 bits per heavy atom. The van der Waals surface area contributed by atoms with Gasteiger partial charge in [-0.2, -0.15) is 5.10 Å². The van der Waals surface area contributed by atoms with Crippen LogP contribution in [-0.2, 0) is 13.5 Å². The van der Waals surface area contributed by atoms with Gasteiger partial charge < -0.3 is 0 Å². The number of thiophene rings is 1. The average molecular weight is 334 g/mol. The molecule has 3 nitrogen and oxygen atoms in total. The fourth-order valence-electron chi connectivity index (χ4n) is 1.59. The number of aryl methyl sites for hydroxylation is 2. The monoisotopic (exact) mass is 332 g/mol. The predicted octanol–water partition coefficient (Wildman–Crippen LogP) is 3.63. The van der Waals surface area contributed by atoms with Crippen LogP contribution >= 0.6 is 38.9 Å². The van der Waals surface area contributed by atoms with Gasteiger partial charge in [-0.15, -0.1) is 11.3 Å². The Morgan fingerprint density at radius 1 is 1.59 bits per heavy atom. The van der Waals surface area contributed by atoms with Gasteiger partial charge in [0, 0.05) is 19.0 Å². The third kappa shape index (κ3) is 2.61. The lowest BCUT2D eigenvalue weighted by molar-refractivity contribution is 0.0996. The van der Waals surface area contributed by atoms with Crippen molar-refractivity contribution in [3.05, 3.63) is 37.2 Å². The summed E-state index contributed by atoms with van der Waals surface area (Å²) < 4.78 is 2.54. The van der Waals surface area contributed by atoms with Gasteiger partial charge in [-0.05, 0) is 35.0 Å². The molecular formula is C11H10BrClN2OS. The second kappa shape index (κ2) is 4.92. The molecule has 2 rings (SSSR count). The van der Waals surface area contributed by atoms with E-state index in [-0.39, 0.29) is 5.78 Å². The molecule has 90 valence electrons. The molecule has 2 aromatic rings. The third-order valence-corrected chi connectivity index (χ3v) is 4.59. The molecule has 2 aromatic heterocycles. The van der Waals surface area contributed by atoms with E-state index in [9.17, 15) is 4.79 Å². The van der Waals surface area contributed by atoms with E-state index in [1.807, 2.05) is 19.1 Å². The van der Waals surface area contributed by atoms with E-state index in [0.29, 0.717) is 11.6 Å². The molecule has 0 saturated carbocycles. The summed E-state index contributed by atoms with van der Waals surface area (Å²) in [5.41, 5.74) is 1.62. The van der Waals surface area contributed by atoms with E-state index in [0.717, 1.165) is 19.9 Å². The van der Waals surface area contributed by atoms with Gasteiger partial charge in [0.1, 0.15) is 5.15 Å². The minimum Gasteiger partial charge on any atom is -0.293 e. The predicted molar refractivity (Wildman–Crippen MR) is 73.0 cm³/mol. The molecule has 0 aliphatic rings. The fourth-order valence-corrected chi connectivity index (χ4v) is 3.15. The molecule has 0 radical (unpaired) electrons. The van der Waals surface area contributed by atoms with E-state index in [2.05, 4.69) is 21.0 Å². The molecule has 0 unspecified atom stereocenters. The largest absolute Gasteiger partial charge is 0.293 e. The first kappa shape index (κ1) is 12.8. The zero-order chi connectivity index (χ0) is 12.6. The molecule has 6 heteroatoms. The van der Waals surface area contributed by atoms with Gasteiger partial charge >= 0.3 is 0 Å². The minimum atomic E-state index is 0.0682. The maximum atomic E-state index is 12.0. The normalized spacial score (nSPS) is 10.8. The van der Waals surface area contributed by atoms with Crippen molar-refractivity contribution >= 4 is 44.7 Å². The summed E-state index contributed by atoms with van der Waals surface area (Å²) in [5, 5.41) is 4.72. The zero-order valence-corrected chi connectivity index (χ0v) is 12.5. The van der Waals surface area contributed by atoms with Crippen molar-refractivity contribution in [3.8, 4) is 0 Å². The fraction of sp³-hybridized carbons (Fsp3) is 0.273. The number of rotatable bonds is 3. The molecule has 0 amide bonds. The standard InChI is InChI=1S/C11H10BrClN2OS/c1-6-7(11(13)15(2)14-6)5-8(16)9-3-4-10(12)17-9/h3-4H,5H2,1-2H3. The first-order chi connectivity index (χ1) is 7.99. The van der Waals surface area contributed by atoms with Crippen molar-refractivity contribution in [1.29, 1.82) is 0 Å². The third-order valence-electron chi connectivity index (χ3n) is 2.46. The SMILES string of the molecule is Cc1nn(C)c(Cl)c1CC(=O)c1ccc(Br)s1. The van der Waals surface area contributed by atoms with Crippen molar-refractivity contribution in [2.45, 2.75) is 13.3 Å². The average Bonchev–Trinajstić information content (AvgIpc) is 2.79. The van der Waals surface area contributed by atoms with Crippen molar-refractivity contribution in [3.63, 3.8) is 0 Å². The molecule has 0 aliphatic heterocycles. The van der Waals surface area contributed by atoms with Crippen LogP contribution < -0.4 is 0 Å². The second-order valence-corrected chi connectivity index (χ2v) is 6.50.